The molecular weight excluding hydrogens is 512 g/mol. The molecule has 3 aromatic carbocycles. The molecule has 3 aromatic rings. The molecule has 0 aromatic heterocycles. The number of rotatable bonds is 5. The van der Waals surface area contributed by atoms with Crippen molar-refractivity contribution >= 4 is 40.6 Å². The van der Waals surface area contributed by atoms with E-state index in [0.29, 0.717) is 29.3 Å². The van der Waals surface area contributed by atoms with Gasteiger partial charge in [-0.05, 0) is 67.8 Å². The van der Waals surface area contributed by atoms with Gasteiger partial charge in [-0.2, -0.15) is 10.1 Å². The van der Waals surface area contributed by atoms with Crippen LogP contribution < -0.4 is 9.91 Å². The first kappa shape index (κ1) is 25.6. The van der Waals surface area contributed by atoms with Crippen LogP contribution in [0.1, 0.15) is 35.3 Å². The molecule has 3 heterocycles. The minimum Gasteiger partial charge on any atom is -0.462 e. The SMILES string of the molecule is CCOC(=O)c1ccc(N2N=C(C)[C@@]3(Cc4ccc(Cl)cc4N4CCN(Cc5ccccc5)C[C@@H]43)C2=O)cc1. The topological polar surface area (TPSA) is 65.5 Å². The maximum Gasteiger partial charge on any atom is 0.338 e. The van der Waals surface area contributed by atoms with Crippen molar-refractivity contribution < 1.29 is 14.3 Å². The number of nitrogens with zero attached hydrogens (tertiary/aromatic N) is 4. The lowest BCUT2D eigenvalue weighted by Gasteiger charge is -2.53. The Balaban J connectivity index is 1.36. The summed E-state index contributed by atoms with van der Waals surface area (Å²) in [6.45, 7) is 7.29. The van der Waals surface area contributed by atoms with Crippen LogP contribution in [0.5, 0.6) is 0 Å². The fraction of sp³-hybridized carbons (Fsp3) is 0.323. The summed E-state index contributed by atoms with van der Waals surface area (Å²) in [5.41, 5.74) is 4.54. The van der Waals surface area contributed by atoms with E-state index in [4.69, 9.17) is 21.4 Å². The summed E-state index contributed by atoms with van der Waals surface area (Å²) in [5.74, 6) is -0.423. The highest BCUT2D eigenvalue weighted by atomic mass is 35.5. The molecule has 1 saturated heterocycles. The molecule has 0 aliphatic carbocycles. The molecule has 200 valence electrons. The Morgan fingerprint density at radius 2 is 1.85 bits per heavy atom. The molecule has 7 nitrogen and oxygen atoms in total. The quantitative estimate of drug-likeness (QED) is 0.416. The summed E-state index contributed by atoms with van der Waals surface area (Å²) in [6, 6.07) is 23.2. The van der Waals surface area contributed by atoms with E-state index in [2.05, 4.69) is 34.1 Å². The van der Waals surface area contributed by atoms with E-state index in [-0.39, 0.29) is 17.9 Å². The van der Waals surface area contributed by atoms with Gasteiger partial charge in [0.2, 0.25) is 0 Å². The first-order valence-electron chi connectivity index (χ1n) is 13.4. The Bertz CT molecular complexity index is 1440. The first-order valence-corrected chi connectivity index (χ1v) is 13.8. The Morgan fingerprint density at radius 3 is 2.59 bits per heavy atom. The van der Waals surface area contributed by atoms with Crippen LogP contribution in [0.4, 0.5) is 11.4 Å². The number of anilines is 2. The average Bonchev–Trinajstić information content (AvgIpc) is 3.20. The highest BCUT2D eigenvalue weighted by Crippen LogP contribution is 2.48. The van der Waals surface area contributed by atoms with Crippen molar-refractivity contribution in [1.82, 2.24) is 4.90 Å². The van der Waals surface area contributed by atoms with Gasteiger partial charge in [-0.25, -0.2) is 4.79 Å². The largest absolute Gasteiger partial charge is 0.462 e. The predicted octanol–water partition coefficient (Wildman–Crippen LogP) is 5.17. The van der Waals surface area contributed by atoms with Gasteiger partial charge in [-0.1, -0.05) is 48.0 Å². The molecule has 2 atom stereocenters. The molecule has 6 rings (SSSR count). The third-order valence-electron chi connectivity index (χ3n) is 8.20. The average molecular weight is 543 g/mol. The molecule has 3 aliphatic heterocycles. The molecule has 1 spiro atoms. The summed E-state index contributed by atoms with van der Waals surface area (Å²) in [5, 5.41) is 7.04. The number of hydrazone groups is 1. The van der Waals surface area contributed by atoms with Gasteiger partial charge in [-0.3, -0.25) is 9.69 Å². The second-order valence-corrected chi connectivity index (χ2v) is 10.9. The van der Waals surface area contributed by atoms with Crippen molar-refractivity contribution in [2.75, 3.05) is 36.1 Å². The molecule has 0 radical (unpaired) electrons. The summed E-state index contributed by atoms with van der Waals surface area (Å²) in [6.07, 6.45) is 0.561. The van der Waals surface area contributed by atoms with Crippen molar-refractivity contribution in [2.24, 2.45) is 10.5 Å². The predicted molar refractivity (Wildman–Crippen MR) is 153 cm³/mol. The van der Waals surface area contributed by atoms with E-state index >= 15 is 0 Å². The number of carbonyl (C=O) groups is 2. The Labute approximate surface area is 233 Å². The lowest BCUT2D eigenvalue weighted by molar-refractivity contribution is -0.125. The van der Waals surface area contributed by atoms with Crippen LogP contribution in [0.3, 0.4) is 0 Å². The van der Waals surface area contributed by atoms with E-state index in [1.54, 1.807) is 31.2 Å². The second-order valence-electron chi connectivity index (χ2n) is 10.4. The van der Waals surface area contributed by atoms with Crippen LogP contribution in [0.25, 0.3) is 0 Å². The normalized spacial score (nSPS) is 22.5. The van der Waals surface area contributed by atoms with Crippen molar-refractivity contribution in [3.05, 3.63) is 94.5 Å². The van der Waals surface area contributed by atoms with Crippen LogP contribution in [-0.4, -0.2) is 54.8 Å². The number of esters is 1. The standard InChI is InChI=1S/C31H31ClN4O3/c1-3-39-29(37)23-10-13-26(14-11-23)36-30(38)31(21(2)33-36)18-24-9-12-25(32)17-27(24)35-16-15-34(20-28(31)35)19-22-7-5-4-6-8-22/h4-14,17,28H,3,15-16,18-20H2,1-2H3/t28-,31-/m1/s1. The fourth-order valence-corrected chi connectivity index (χ4v) is 6.42. The Kier molecular flexibility index (Phi) is 6.65. The van der Waals surface area contributed by atoms with Crippen molar-refractivity contribution in [1.29, 1.82) is 0 Å². The molecule has 1 amide bonds. The van der Waals surface area contributed by atoms with Crippen LogP contribution in [0, 0.1) is 5.41 Å². The highest BCUT2D eigenvalue weighted by molar-refractivity contribution is 6.31. The van der Waals surface area contributed by atoms with Crippen molar-refractivity contribution in [3.8, 4) is 0 Å². The first-order chi connectivity index (χ1) is 18.9. The van der Waals surface area contributed by atoms with Crippen molar-refractivity contribution in [3.63, 3.8) is 0 Å². The molecule has 39 heavy (non-hydrogen) atoms. The third-order valence-corrected chi connectivity index (χ3v) is 8.44. The maximum atomic E-state index is 14.5. The number of fused-ring (bicyclic) bond motifs is 4. The van der Waals surface area contributed by atoms with E-state index in [1.165, 1.54) is 10.6 Å². The number of piperazine rings is 1. The third kappa shape index (κ3) is 4.39. The Hall–Kier alpha value is -3.68. The monoisotopic (exact) mass is 542 g/mol. The smallest absolute Gasteiger partial charge is 0.338 e. The van der Waals surface area contributed by atoms with Gasteiger partial charge < -0.3 is 9.64 Å². The van der Waals surface area contributed by atoms with Gasteiger partial charge in [0.15, 0.2) is 0 Å². The van der Waals surface area contributed by atoms with Crippen LogP contribution in [0.15, 0.2) is 77.9 Å². The van der Waals surface area contributed by atoms with Crippen molar-refractivity contribution in [2.45, 2.75) is 32.9 Å². The lowest BCUT2D eigenvalue weighted by Crippen LogP contribution is -2.66. The number of carbonyl (C=O) groups excluding carboxylic acids is 2. The van der Waals surface area contributed by atoms with Crippen LogP contribution >= 0.6 is 11.6 Å². The molecule has 3 aliphatic rings. The van der Waals surface area contributed by atoms with Gasteiger partial charge in [0.25, 0.3) is 5.91 Å². The van der Waals surface area contributed by atoms with E-state index < -0.39 is 5.41 Å². The second kappa shape index (κ2) is 10.1. The van der Waals surface area contributed by atoms with Gasteiger partial charge in [0, 0.05) is 36.9 Å². The molecular formula is C31H31ClN4O3. The molecule has 8 heteroatoms. The van der Waals surface area contributed by atoms with Gasteiger partial charge in [0.05, 0.1) is 29.6 Å². The zero-order valence-electron chi connectivity index (χ0n) is 22.1. The molecule has 0 unspecified atom stereocenters. The van der Waals surface area contributed by atoms with E-state index in [9.17, 15) is 9.59 Å². The summed E-state index contributed by atoms with van der Waals surface area (Å²) in [4.78, 5) is 31.4. The number of ether oxygens (including phenoxy) is 1. The maximum absolute atomic E-state index is 14.5. The zero-order valence-corrected chi connectivity index (χ0v) is 22.9. The van der Waals surface area contributed by atoms with Gasteiger partial charge in [0.1, 0.15) is 5.41 Å². The minimum atomic E-state index is -0.810. The summed E-state index contributed by atoms with van der Waals surface area (Å²) in [7, 11) is 0. The Morgan fingerprint density at radius 1 is 1.08 bits per heavy atom. The highest BCUT2D eigenvalue weighted by Gasteiger charge is 2.59. The molecule has 0 saturated carbocycles. The van der Waals surface area contributed by atoms with E-state index in [1.807, 2.05) is 31.2 Å². The number of hydrogen-bond acceptors (Lipinski definition) is 6. The molecule has 0 N–H and O–H groups in total. The van der Waals surface area contributed by atoms with Crippen LogP contribution in [0.2, 0.25) is 5.02 Å². The lowest BCUT2D eigenvalue weighted by atomic mass is 9.67. The van der Waals surface area contributed by atoms with Crippen LogP contribution in [-0.2, 0) is 22.5 Å². The number of halogens is 1. The number of benzene rings is 3. The minimum absolute atomic E-state index is 0.0407. The summed E-state index contributed by atoms with van der Waals surface area (Å²) < 4.78 is 5.11. The fourth-order valence-electron chi connectivity index (χ4n) is 6.25. The molecule has 1 fully saturated rings. The van der Waals surface area contributed by atoms with Gasteiger partial charge in [-0.15, -0.1) is 0 Å². The molecule has 0 bridgehead atoms. The number of amides is 1. The number of hydrogen-bond donors (Lipinski definition) is 0. The van der Waals surface area contributed by atoms with Gasteiger partial charge >= 0.3 is 5.97 Å². The zero-order chi connectivity index (χ0) is 27.1. The summed E-state index contributed by atoms with van der Waals surface area (Å²) >= 11 is 6.44. The van der Waals surface area contributed by atoms with E-state index in [0.717, 1.165) is 43.1 Å².